The molecule has 2 N–H and O–H groups in total. The van der Waals surface area contributed by atoms with Crippen molar-refractivity contribution < 1.29 is 24.4 Å². The summed E-state index contributed by atoms with van der Waals surface area (Å²) in [6.07, 6.45) is -1.52. The van der Waals surface area contributed by atoms with Gasteiger partial charge in [0, 0.05) is 0 Å². The van der Waals surface area contributed by atoms with Crippen molar-refractivity contribution in [1.82, 2.24) is 0 Å². The van der Waals surface area contributed by atoms with Gasteiger partial charge in [-0.1, -0.05) is 35.4 Å². The minimum atomic E-state index is -0.758. The highest BCUT2D eigenvalue weighted by Gasteiger charge is 2.10. The summed E-state index contributed by atoms with van der Waals surface area (Å²) >= 11 is 0. The molecule has 0 radical (unpaired) electrons. The van der Waals surface area contributed by atoms with Crippen LogP contribution >= 0.6 is 0 Å². The molecule has 0 bridgehead atoms. The maximum atomic E-state index is 9.85. The molecule has 0 heterocycles. The molecular formula is C20H26O5. The number of benzene rings is 2. The van der Waals surface area contributed by atoms with Gasteiger partial charge in [0.15, 0.2) is 0 Å². The maximum absolute atomic E-state index is 9.85. The van der Waals surface area contributed by atoms with Crippen molar-refractivity contribution in [2.24, 2.45) is 0 Å². The van der Waals surface area contributed by atoms with Gasteiger partial charge in [-0.2, -0.15) is 0 Å². The maximum Gasteiger partial charge on any atom is 0.119 e. The summed E-state index contributed by atoms with van der Waals surface area (Å²) in [4.78, 5) is 0. The molecule has 5 heteroatoms. The lowest BCUT2D eigenvalue weighted by molar-refractivity contribution is -0.0308. The summed E-state index contributed by atoms with van der Waals surface area (Å²) in [6.45, 7) is 4.46. The van der Waals surface area contributed by atoms with E-state index in [0.29, 0.717) is 11.5 Å². The number of aliphatic hydroxyl groups is 2. The summed E-state index contributed by atoms with van der Waals surface area (Å²) in [7, 11) is 0. The number of ether oxygens (including phenoxy) is 3. The van der Waals surface area contributed by atoms with E-state index in [-0.39, 0.29) is 26.4 Å². The van der Waals surface area contributed by atoms with E-state index < -0.39 is 12.2 Å². The Labute approximate surface area is 148 Å². The zero-order chi connectivity index (χ0) is 18.1. The third kappa shape index (κ3) is 7.56. The highest BCUT2D eigenvalue weighted by Crippen LogP contribution is 2.12. The van der Waals surface area contributed by atoms with Crippen molar-refractivity contribution >= 4 is 0 Å². The average molecular weight is 346 g/mol. The van der Waals surface area contributed by atoms with E-state index >= 15 is 0 Å². The molecule has 2 unspecified atom stereocenters. The lowest BCUT2D eigenvalue weighted by Gasteiger charge is -2.16. The predicted molar refractivity (Wildman–Crippen MR) is 96.2 cm³/mol. The standard InChI is InChI=1S/C20H26O5/c1-15-3-7-19(8-4-15)24-13-17(21)11-23-12-18(22)14-25-20-9-5-16(2)6-10-20/h3-10,17-18,21-22H,11-14H2,1-2H3. The molecule has 0 fully saturated rings. The normalized spacial score (nSPS) is 13.3. The Hall–Kier alpha value is -2.08. The van der Waals surface area contributed by atoms with Crippen LogP contribution in [0.5, 0.6) is 11.5 Å². The Balaban J connectivity index is 1.57. The third-order valence-corrected chi connectivity index (χ3v) is 3.55. The molecule has 2 aromatic carbocycles. The van der Waals surface area contributed by atoms with Crippen LogP contribution in [0, 0.1) is 13.8 Å². The number of aryl methyl sites for hydroxylation is 2. The van der Waals surface area contributed by atoms with Gasteiger partial charge in [-0.15, -0.1) is 0 Å². The van der Waals surface area contributed by atoms with Crippen LogP contribution in [0.3, 0.4) is 0 Å². The Morgan fingerprint density at radius 1 is 0.640 bits per heavy atom. The second kappa shape index (κ2) is 10.0. The molecule has 0 amide bonds. The molecule has 0 aromatic heterocycles. The van der Waals surface area contributed by atoms with E-state index in [1.165, 1.54) is 0 Å². The van der Waals surface area contributed by atoms with E-state index in [9.17, 15) is 10.2 Å². The van der Waals surface area contributed by atoms with Crippen LogP contribution in [0.1, 0.15) is 11.1 Å². The molecule has 136 valence electrons. The van der Waals surface area contributed by atoms with Gasteiger partial charge in [0.1, 0.15) is 36.9 Å². The molecule has 0 spiro atoms. The van der Waals surface area contributed by atoms with Gasteiger partial charge >= 0.3 is 0 Å². The lowest BCUT2D eigenvalue weighted by atomic mass is 10.2. The lowest BCUT2D eigenvalue weighted by Crippen LogP contribution is -2.28. The van der Waals surface area contributed by atoms with Crippen molar-refractivity contribution in [3.8, 4) is 11.5 Å². The first kappa shape index (κ1) is 19.2. The molecule has 0 aliphatic heterocycles. The minimum absolute atomic E-state index is 0.0907. The summed E-state index contributed by atoms with van der Waals surface area (Å²) in [6, 6.07) is 15.2. The Kier molecular flexibility index (Phi) is 7.73. The molecule has 0 saturated carbocycles. The number of hydrogen-bond donors (Lipinski definition) is 2. The second-order valence-corrected chi connectivity index (χ2v) is 6.09. The fourth-order valence-corrected chi connectivity index (χ4v) is 2.09. The summed E-state index contributed by atoms with van der Waals surface area (Å²) < 4.78 is 16.3. The van der Waals surface area contributed by atoms with Crippen molar-refractivity contribution in [2.75, 3.05) is 26.4 Å². The molecular weight excluding hydrogens is 320 g/mol. The molecule has 0 aliphatic rings. The van der Waals surface area contributed by atoms with Crippen molar-refractivity contribution in [1.29, 1.82) is 0 Å². The fraction of sp³-hybridized carbons (Fsp3) is 0.400. The van der Waals surface area contributed by atoms with Crippen molar-refractivity contribution in [2.45, 2.75) is 26.1 Å². The van der Waals surface area contributed by atoms with Gasteiger partial charge < -0.3 is 24.4 Å². The molecule has 0 saturated heterocycles. The second-order valence-electron chi connectivity index (χ2n) is 6.09. The topological polar surface area (TPSA) is 68.2 Å². The SMILES string of the molecule is Cc1ccc(OCC(O)COCC(O)COc2ccc(C)cc2)cc1. The van der Waals surface area contributed by atoms with Crippen molar-refractivity contribution in [3.63, 3.8) is 0 Å². The first-order valence-corrected chi connectivity index (χ1v) is 8.36. The molecule has 25 heavy (non-hydrogen) atoms. The van der Waals surface area contributed by atoms with Crippen LogP contribution in [-0.4, -0.2) is 48.8 Å². The Morgan fingerprint density at radius 3 is 1.36 bits per heavy atom. The van der Waals surface area contributed by atoms with E-state index in [4.69, 9.17) is 14.2 Å². The van der Waals surface area contributed by atoms with E-state index in [0.717, 1.165) is 11.1 Å². The smallest absolute Gasteiger partial charge is 0.119 e. The van der Waals surface area contributed by atoms with Gasteiger partial charge in [0.25, 0.3) is 0 Å². The van der Waals surface area contributed by atoms with Gasteiger partial charge in [0.2, 0.25) is 0 Å². The molecule has 0 aliphatic carbocycles. The van der Waals surface area contributed by atoms with Gasteiger partial charge in [0.05, 0.1) is 13.2 Å². The third-order valence-electron chi connectivity index (χ3n) is 3.55. The highest BCUT2D eigenvalue weighted by atomic mass is 16.5. The quantitative estimate of drug-likeness (QED) is 0.692. The first-order valence-electron chi connectivity index (χ1n) is 8.36. The highest BCUT2D eigenvalue weighted by molar-refractivity contribution is 5.26. The average Bonchev–Trinajstić information content (AvgIpc) is 2.61. The van der Waals surface area contributed by atoms with Gasteiger partial charge in [-0.3, -0.25) is 0 Å². The van der Waals surface area contributed by atoms with Crippen molar-refractivity contribution in [3.05, 3.63) is 59.7 Å². The van der Waals surface area contributed by atoms with E-state index in [1.807, 2.05) is 62.4 Å². The Bertz CT molecular complexity index is 553. The summed E-state index contributed by atoms with van der Waals surface area (Å²) in [5.41, 5.74) is 2.30. The zero-order valence-corrected chi connectivity index (χ0v) is 14.7. The zero-order valence-electron chi connectivity index (χ0n) is 14.7. The van der Waals surface area contributed by atoms with Crippen LogP contribution in [0.2, 0.25) is 0 Å². The van der Waals surface area contributed by atoms with E-state index in [2.05, 4.69) is 0 Å². The number of aliphatic hydroxyl groups excluding tert-OH is 2. The van der Waals surface area contributed by atoms with Gasteiger partial charge in [-0.25, -0.2) is 0 Å². The molecule has 2 rings (SSSR count). The Morgan fingerprint density at radius 2 is 1.00 bits per heavy atom. The van der Waals surface area contributed by atoms with Crippen LogP contribution < -0.4 is 9.47 Å². The van der Waals surface area contributed by atoms with Crippen LogP contribution in [0.25, 0.3) is 0 Å². The molecule has 2 aromatic rings. The molecule has 2 atom stereocenters. The fourth-order valence-electron chi connectivity index (χ4n) is 2.09. The summed E-state index contributed by atoms with van der Waals surface area (Å²) in [5, 5.41) is 19.7. The van der Waals surface area contributed by atoms with Crippen LogP contribution in [0.4, 0.5) is 0 Å². The van der Waals surface area contributed by atoms with Crippen LogP contribution in [-0.2, 0) is 4.74 Å². The molecule has 5 nitrogen and oxygen atoms in total. The van der Waals surface area contributed by atoms with Gasteiger partial charge in [-0.05, 0) is 38.1 Å². The number of rotatable bonds is 10. The van der Waals surface area contributed by atoms with Crippen LogP contribution in [0.15, 0.2) is 48.5 Å². The summed E-state index contributed by atoms with van der Waals surface area (Å²) in [5.74, 6) is 1.41. The monoisotopic (exact) mass is 346 g/mol. The predicted octanol–water partition coefficient (Wildman–Crippen LogP) is 2.50. The number of hydrogen-bond acceptors (Lipinski definition) is 5. The largest absolute Gasteiger partial charge is 0.491 e. The minimum Gasteiger partial charge on any atom is -0.491 e. The van der Waals surface area contributed by atoms with E-state index in [1.54, 1.807) is 0 Å². The first-order chi connectivity index (χ1) is 12.0.